The van der Waals surface area contributed by atoms with Gasteiger partial charge in [0, 0.05) is 18.6 Å². The molecule has 0 aliphatic carbocycles. The van der Waals surface area contributed by atoms with E-state index >= 15 is 0 Å². The molecule has 0 aromatic heterocycles. The van der Waals surface area contributed by atoms with Crippen molar-refractivity contribution >= 4 is 19.9 Å². The fourth-order valence-corrected chi connectivity index (χ4v) is 1.99. The molecule has 0 saturated heterocycles. The molecule has 5 nitrogen and oxygen atoms in total. The third kappa shape index (κ3) is 11.9. The summed E-state index contributed by atoms with van der Waals surface area (Å²) in [6, 6.07) is 0. The van der Waals surface area contributed by atoms with Gasteiger partial charge in [0.05, 0.1) is 6.26 Å². The summed E-state index contributed by atoms with van der Waals surface area (Å²) in [6.45, 7) is 0.300. The molecule has 0 unspecified atom stereocenters. The highest BCUT2D eigenvalue weighted by Crippen LogP contribution is 1.93. The highest BCUT2D eigenvalue weighted by atomic mass is 32.2. The topological polar surface area (TPSA) is 80.3 Å². The molecule has 0 atom stereocenters. The first-order chi connectivity index (χ1) is 5.71. The third-order valence-corrected chi connectivity index (χ3v) is 3.06. The van der Waals surface area contributed by atoms with Crippen LogP contribution in [0.4, 0.5) is 0 Å². The molecular formula is C6H15NO4S2. The van der Waals surface area contributed by atoms with E-state index in [2.05, 4.69) is 4.72 Å². The van der Waals surface area contributed by atoms with Gasteiger partial charge in [-0.3, -0.25) is 0 Å². The minimum absolute atomic E-state index is 0.110. The van der Waals surface area contributed by atoms with E-state index in [1.54, 1.807) is 0 Å². The van der Waals surface area contributed by atoms with E-state index in [-0.39, 0.29) is 5.75 Å². The minimum atomic E-state index is -3.14. The molecule has 0 heterocycles. The Morgan fingerprint density at radius 1 is 1.00 bits per heavy atom. The average Bonchev–Trinajstić information content (AvgIpc) is 1.81. The number of hydrogen-bond acceptors (Lipinski definition) is 4. The van der Waals surface area contributed by atoms with Crippen LogP contribution < -0.4 is 4.72 Å². The number of nitrogens with one attached hydrogen (secondary N) is 1. The lowest BCUT2D eigenvalue weighted by Crippen LogP contribution is -2.23. The second kappa shape index (κ2) is 4.92. The van der Waals surface area contributed by atoms with Gasteiger partial charge in [0.25, 0.3) is 0 Å². The van der Waals surface area contributed by atoms with E-state index in [9.17, 15) is 16.8 Å². The van der Waals surface area contributed by atoms with Gasteiger partial charge in [0.2, 0.25) is 10.0 Å². The summed E-state index contributed by atoms with van der Waals surface area (Å²) < 4.78 is 44.7. The molecule has 0 amide bonds. The van der Waals surface area contributed by atoms with Gasteiger partial charge < -0.3 is 0 Å². The monoisotopic (exact) mass is 229 g/mol. The van der Waals surface area contributed by atoms with Gasteiger partial charge in [0.1, 0.15) is 9.84 Å². The molecule has 80 valence electrons. The molecule has 1 N–H and O–H groups in total. The number of unbranched alkanes of at least 4 members (excludes halogenated alkanes) is 1. The van der Waals surface area contributed by atoms with Crippen LogP contribution in [0.2, 0.25) is 0 Å². The summed E-state index contributed by atoms with van der Waals surface area (Å²) in [5.41, 5.74) is 0. The maximum Gasteiger partial charge on any atom is 0.208 e. The second-order valence-electron chi connectivity index (χ2n) is 3.00. The molecule has 13 heavy (non-hydrogen) atoms. The van der Waals surface area contributed by atoms with Gasteiger partial charge in [-0.15, -0.1) is 0 Å². The maximum atomic E-state index is 10.7. The van der Waals surface area contributed by atoms with Crippen molar-refractivity contribution in [2.75, 3.05) is 24.8 Å². The fourth-order valence-electron chi connectivity index (χ4n) is 0.747. The third-order valence-electron chi connectivity index (χ3n) is 1.31. The van der Waals surface area contributed by atoms with Crippen LogP contribution >= 0.6 is 0 Å². The molecule has 0 aliphatic heterocycles. The molecule has 0 aromatic carbocycles. The van der Waals surface area contributed by atoms with Crippen LogP contribution in [0.15, 0.2) is 0 Å². The standard InChI is InChI=1S/C6H15NO4S2/c1-12(8,9)6-4-3-5-7-13(2,10)11/h7H,3-6H2,1-2H3. The molecule has 0 spiro atoms. The van der Waals surface area contributed by atoms with Crippen LogP contribution in [-0.4, -0.2) is 41.6 Å². The molecule has 0 aliphatic rings. The molecular weight excluding hydrogens is 214 g/mol. The highest BCUT2D eigenvalue weighted by Gasteiger charge is 2.02. The van der Waals surface area contributed by atoms with Crippen molar-refractivity contribution < 1.29 is 16.8 Å². The zero-order valence-electron chi connectivity index (χ0n) is 7.78. The van der Waals surface area contributed by atoms with Crippen LogP contribution in [0, 0.1) is 0 Å². The Morgan fingerprint density at radius 3 is 1.92 bits per heavy atom. The van der Waals surface area contributed by atoms with Crippen LogP contribution in [0.1, 0.15) is 12.8 Å². The maximum absolute atomic E-state index is 10.7. The first-order valence-corrected chi connectivity index (χ1v) is 7.78. The van der Waals surface area contributed by atoms with Gasteiger partial charge in [-0.2, -0.15) is 0 Å². The van der Waals surface area contributed by atoms with Crippen LogP contribution in [-0.2, 0) is 19.9 Å². The predicted octanol–water partition coefficient (Wildman–Crippen LogP) is -0.640. The summed E-state index contributed by atoms with van der Waals surface area (Å²) in [5, 5.41) is 0. The van der Waals surface area contributed by atoms with Crippen molar-refractivity contribution in [1.82, 2.24) is 4.72 Å². The first-order valence-electron chi connectivity index (χ1n) is 3.83. The normalized spacial score (nSPS) is 13.1. The summed E-state index contributed by atoms with van der Waals surface area (Å²) in [7, 11) is -6.06. The van der Waals surface area contributed by atoms with Crippen molar-refractivity contribution in [1.29, 1.82) is 0 Å². The quantitative estimate of drug-likeness (QED) is 0.614. The zero-order chi connectivity index (χ0) is 10.5. The van der Waals surface area contributed by atoms with E-state index < -0.39 is 19.9 Å². The number of sulfonamides is 1. The van der Waals surface area contributed by atoms with Gasteiger partial charge >= 0.3 is 0 Å². The van der Waals surface area contributed by atoms with Gasteiger partial charge in [-0.25, -0.2) is 21.6 Å². The van der Waals surface area contributed by atoms with E-state index in [0.29, 0.717) is 19.4 Å². The average molecular weight is 229 g/mol. The minimum Gasteiger partial charge on any atom is -0.229 e. The molecule has 0 bridgehead atoms. The summed E-state index contributed by atoms with van der Waals surface area (Å²) >= 11 is 0. The molecule has 0 aromatic rings. The van der Waals surface area contributed by atoms with Crippen LogP contribution in [0.3, 0.4) is 0 Å². The molecule has 0 fully saturated rings. The Hall–Kier alpha value is -0.140. The lowest BCUT2D eigenvalue weighted by atomic mass is 10.3. The summed E-state index contributed by atoms with van der Waals surface area (Å²) in [4.78, 5) is 0. The lowest BCUT2D eigenvalue weighted by molar-refractivity contribution is 0.583. The van der Waals surface area contributed by atoms with Gasteiger partial charge in [-0.1, -0.05) is 0 Å². The van der Waals surface area contributed by atoms with Gasteiger partial charge in [0.15, 0.2) is 0 Å². The van der Waals surface area contributed by atoms with Crippen molar-refractivity contribution in [2.24, 2.45) is 0 Å². The fraction of sp³-hybridized carbons (Fsp3) is 1.00. The number of rotatable bonds is 6. The van der Waals surface area contributed by atoms with E-state index in [1.165, 1.54) is 0 Å². The van der Waals surface area contributed by atoms with Crippen LogP contribution in [0.25, 0.3) is 0 Å². The second-order valence-corrected chi connectivity index (χ2v) is 7.10. The highest BCUT2D eigenvalue weighted by molar-refractivity contribution is 7.90. The Morgan fingerprint density at radius 2 is 1.54 bits per heavy atom. The lowest BCUT2D eigenvalue weighted by Gasteiger charge is -2.00. The Kier molecular flexibility index (Phi) is 4.87. The number of sulfone groups is 1. The van der Waals surface area contributed by atoms with E-state index in [0.717, 1.165) is 12.5 Å². The first kappa shape index (κ1) is 12.9. The van der Waals surface area contributed by atoms with E-state index in [1.807, 2.05) is 0 Å². The predicted molar refractivity (Wildman–Crippen MR) is 51.8 cm³/mol. The Labute approximate surface area is 79.5 Å². The summed E-state index contributed by atoms with van der Waals surface area (Å²) in [6.07, 6.45) is 3.27. The number of hydrogen-bond donors (Lipinski definition) is 1. The molecule has 0 rings (SSSR count). The van der Waals surface area contributed by atoms with Crippen LogP contribution in [0.5, 0.6) is 0 Å². The Balaban J connectivity index is 3.50. The summed E-state index contributed by atoms with van der Waals surface area (Å²) in [5.74, 6) is 0.110. The smallest absolute Gasteiger partial charge is 0.208 e. The van der Waals surface area contributed by atoms with Crippen molar-refractivity contribution in [2.45, 2.75) is 12.8 Å². The zero-order valence-corrected chi connectivity index (χ0v) is 9.41. The van der Waals surface area contributed by atoms with Crippen molar-refractivity contribution in [3.8, 4) is 0 Å². The molecule has 0 saturated carbocycles. The molecule has 7 heteroatoms. The van der Waals surface area contributed by atoms with Crippen molar-refractivity contribution in [3.05, 3.63) is 0 Å². The SMILES string of the molecule is CS(=O)(=O)CCCCNS(C)(=O)=O. The van der Waals surface area contributed by atoms with Crippen molar-refractivity contribution in [3.63, 3.8) is 0 Å². The largest absolute Gasteiger partial charge is 0.229 e. The van der Waals surface area contributed by atoms with E-state index in [4.69, 9.17) is 0 Å². The van der Waals surface area contributed by atoms with Gasteiger partial charge in [-0.05, 0) is 12.8 Å². The Bertz CT molecular complexity index is 296. The molecule has 0 radical (unpaired) electrons.